The number of amides is 1. The van der Waals surface area contributed by atoms with Crippen molar-refractivity contribution in [1.82, 2.24) is 14.9 Å². The molecule has 3 heterocycles. The van der Waals surface area contributed by atoms with Crippen LogP contribution in [0.1, 0.15) is 71.5 Å². The first-order valence-corrected chi connectivity index (χ1v) is 8.55. The molecule has 1 fully saturated rings. The number of likely N-dealkylation sites (tertiary alicyclic amines) is 1. The summed E-state index contributed by atoms with van der Waals surface area (Å²) in [4.78, 5) is 23.7. The zero-order valence-corrected chi connectivity index (χ0v) is 14.2. The fourth-order valence-electron chi connectivity index (χ4n) is 2.84. The van der Waals surface area contributed by atoms with Gasteiger partial charge in [-0.3, -0.25) is 4.79 Å². The van der Waals surface area contributed by atoms with E-state index in [4.69, 9.17) is 4.42 Å². The van der Waals surface area contributed by atoms with Gasteiger partial charge in [0.1, 0.15) is 0 Å². The van der Waals surface area contributed by atoms with Gasteiger partial charge in [0.05, 0.1) is 22.4 Å². The predicted octanol–water partition coefficient (Wildman–Crippen LogP) is 3.85. The van der Waals surface area contributed by atoms with Gasteiger partial charge in [-0.1, -0.05) is 13.8 Å². The Bertz CT molecular complexity index is 689. The molecule has 1 saturated heterocycles. The van der Waals surface area contributed by atoms with Gasteiger partial charge in [-0.2, -0.15) is 0 Å². The Morgan fingerprint density at radius 1 is 1.41 bits per heavy atom. The largest absolute Gasteiger partial charge is 0.435 e. The Labute approximate surface area is 134 Å². The van der Waals surface area contributed by atoms with Crippen LogP contribution in [0.25, 0.3) is 0 Å². The van der Waals surface area contributed by atoms with Crippen LogP contribution in [0.2, 0.25) is 0 Å². The average Bonchev–Trinajstić information content (AvgIpc) is 3.16. The van der Waals surface area contributed by atoms with Crippen LogP contribution in [0.3, 0.4) is 0 Å². The van der Waals surface area contributed by atoms with Gasteiger partial charge in [0.2, 0.25) is 5.76 Å². The van der Waals surface area contributed by atoms with Crippen LogP contribution in [0, 0.1) is 13.8 Å². The van der Waals surface area contributed by atoms with E-state index in [9.17, 15) is 4.79 Å². The molecule has 0 radical (unpaired) electrons. The normalized spacial score (nSPS) is 18.4. The van der Waals surface area contributed by atoms with Crippen molar-refractivity contribution in [2.24, 2.45) is 0 Å². The zero-order valence-electron chi connectivity index (χ0n) is 13.4. The zero-order chi connectivity index (χ0) is 15.9. The van der Waals surface area contributed by atoms with Gasteiger partial charge in [-0.05, 0) is 26.7 Å². The summed E-state index contributed by atoms with van der Waals surface area (Å²) in [5.41, 5.74) is 1.67. The van der Waals surface area contributed by atoms with E-state index in [1.165, 1.54) is 0 Å². The lowest BCUT2D eigenvalue weighted by Crippen LogP contribution is -2.31. The molecule has 1 atom stereocenters. The van der Waals surface area contributed by atoms with Crippen molar-refractivity contribution in [3.8, 4) is 0 Å². The van der Waals surface area contributed by atoms with Crippen LogP contribution >= 0.6 is 11.3 Å². The van der Waals surface area contributed by atoms with Crippen LogP contribution in [-0.2, 0) is 0 Å². The second-order valence-electron chi connectivity index (χ2n) is 6.07. The molecule has 1 amide bonds. The minimum absolute atomic E-state index is 0.0597. The molecule has 2 aromatic heterocycles. The molecule has 0 unspecified atom stereocenters. The number of thiazole rings is 1. The van der Waals surface area contributed by atoms with E-state index < -0.39 is 0 Å². The van der Waals surface area contributed by atoms with Crippen molar-refractivity contribution in [3.05, 3.63) is 33.4 Å². The molecule has 22 heavy (non-hydrogen) atoms. The second kappa shape index (κ2) is 5.83. The molecule has 0 N–H and O–H groups in total. The third-order valence-corrected chi connectivity index (χ3v) is 4.78. The van der Waals surface area contributed by atoms with Gasteiger partial charge in [0.25, 0.3) is 5.91 Å². The van der Waals surface area contributed by atoms with Crippen molar-refractivity contribution >= 4 is 17.2 Å². The number of rotatable bonds is 3. The minimum Gasteiger partial charge on any atom is -0.435 e. The van der Waals surface area contributed by atoms with Crippen molar-refractivity contribution in [2.75, 3.05) is 6.54 Å². The number of hydrogen-bond donors (Lipinski definition) is 0. The average molecular weight is 319 g/mol. The van der Waals surface area contributed by atoms with Gasteiger partial charge in [0, 0.05) is 17.8 Å². The molecule has 0 aliphatic carbocycles. The lowest BCUT2D eigenvalue weighted by atomic mass is 10.1. The van der Waals surface area contributed by atoms with Crippen LogP contribution in [0.15, 0.2) is 9.80 Å². The maximum Gasteiger partial charge on any atom is 0.292 e. The Morgan fingerprint density at radius 2 is 2.18 bits per heavy atom. The summed E-state index contributed by atoms with van der Waals surface area (Å²) in [6.45, 7) is 8.59. The second-order valence-corrected chi connectivity index (χ2v) is 7.13. The van der Waals surface area contributed by atoms with Gasteiger partial charge in [-0.25, -0.2) is 9.97 Å². The van der Waals surface area contributed by atoms with Gasteiger partial charge in [0.15, 0.2) is 5.89 Å². The van der Waals surface area contributed by atoms with Crippen LogP contribution in [-0.4, -0.2) is 27.3 Å². The van der Waals surface area contributed by atoms with Crippen molar-refractivity contribution in [3.63, 3.8) is 0 Å². The van der Waals surface area contributed by atoms with E-state index in [-0.39, 0.29) is 17.9 Å². The molecule has 118 valence electrons. The molecule has 0 aromatic carbocycles. The van der Waals surface area contributed by atoms with Gasteiger partial charge >= 0.3 is 0 Å². The highest BCUT2D eigenvalue weighted by Crippen LogP contribution is 2.34. The molecule has 3 rings (SSSR count). The third-order valence-electron chi connectivity index (χ3n) is 3.99. The summed E-state index contributed by atoms with van der Waals surface area (Å²) in [6.07, 6.45) is 1.95. The minimum atomic E-state index is -0.0648. The summed E-state index contributed by atoms with van der Waals surface area (Å²) >= 11 is 1.63. The summed E-state index contributed by atoms with van der Waals surface area (Å²) in [5.74, 6) is 1.12. The summed E-state index contributed by atoms with van der Waals surface area (Å²) in [6, 6.07) is 0.0597. The Kier molecular flexibility index (Phi) is 4.04. The predicted molar refractivity (Wildman–Crippen MR) is 85.2 cm³/mol. The molecular weight excluding hydrogens is 298 g/mol. The first kappa shape index (κ1) is 15.2. The summed E-state index contributed by atoms with van der Waals surface area (Å²) in [5, 5.41) is 3.09. The van der Waals surface area contributed by atoms with E-state index in [0.29, 0.717) is 17.3 Å². The Morgan fingerprint density at radius 3 is 2.77 bits per heavy atom. The lowest BCUT2D eigenvalue weighted by Gasteiger charge is -2.22. The number of carbonyl (C=O) groups is 1. The van der Waals surface area contributed by atoms with Crippen LogP contribution in [0.5, 0.6) is 0 Å². The first-order valence-electron chi connectivity index (χ1n) is 7.67. The van der Waals surface area contributed by atoms with Crippen LogP contribution in [0.4, 0.5) is 0 Å². The molecule has 6 heteroatoms. The third kappa shape index (κ3) is 2.67. The molecule has 1 aliphatic rings. The molecule has 0 spiro atoms. The number of carbonyl (C=O) groups excluding carboxylic acids is 1. The maximum absolute atomic E-state index is 12.9. The standard InChI is InChI=1S/C16H21N3O2S/c1-9(2)15-17-10(3)14(21-15)16(20)19-7-5-6-13(19)12-8-22-11(4)18-12/h8-9,13H,5-7H2,1-4H3/t13-/m1/s1. The first-order chi connectivity index (χ1) is 10.5. The van der Waals surface area contributed by atoms with Crippen molar-refractivity contribution < 1.29 is 9.21 Å². The highest BCUT2D eigenvalue weighted by Gasteiger charge is 2.34. The number of nitrogens with zero attached hydrogens (tertiary/aromatic N) is 3. The van der Waals surface area contributed by atoms with Crippen molar-refractivity contribution in [1.29, 1.82) is 0 Å². The molecule has 0 saturated carbocycles. The number of hydrogen-bond acceptors (Lipinski definition) is 5. The quantitative estimate of drug-likeness (QED) is 0.862. The Hall–Kier alpha value is -1.69. The van der Waals surface area contributed by atoms with Crippen molar-refractivity contribution in [2.45, 2.75) is 52.5 Å². The molecule has 1 aliphatic heterocycles. The van der Waals surface area contributed by atoms with E-state index >= 15 is 0 Å². The highest BCUT2D eigenvalue weighted by atomic mass is 32.1. The lowest BCUT2D eigenvalue weighted by molar-refractivity contribution is 0.0697. The van der Waals surface area contributed by atoms with Gasteiger partial charge in [-0.15, -0.1) is 11.3 Å². The number of oxazole rings is 1. The molecule has 0 bridgehead atoms. The molecular formula is C16H21N3O2S. The molecule has 5 nitrogen and oxygen atoms in total. The van der Waals surface area contributed by atoms with E-state index in [1.54, 1.807) is 11.3 Å². The van der Waals surface area contributed by atoms with Crippen LogP contribution < -0.4 is 0 Å². The summed E-state index contributed by atoms with van der Waals surface area (Å²) < 4.78 is 5.72. The summed E-state index contributed by atoms with van der Waals surface area (Å²) in [7, 11) is 0. The fraction of sp³-hybridized carbons (Fsp3) is 0.562. The smallest absolute Gasteiger partial charge is 0.292 e. The van der Waals surface area contributed by atoms with E-state index in [1.807, 2.05) is 32.6 Å². The number of aromatic nitrogens is 2. The van der Waals surface area contributed by atoms with E-state index in [0.717, 1.165) is 30.1 Å². The monoisotopic (exact) mass is 319 g/mol. The number of aryl methyl sites for hydroxylation is 2. The van der Waals surface area contributed by atoms with Gasteiger partial charge < -0.3 is 9.32 Å². The Balaban J connectivity index is 1.87. The molecule has 2 aromatic rings. The topological polar surface area (TPSA) is 59.2 Å². The highest BCUT2D eigenvalue weighted by molar-refractivity contribution is 7.09. The fourth-order valence-corrected chi connectivity index (χ4v) is 3.50. The van der Waals surface area contributed by atoms with E-state index in [2.05, 4.69) is 15.3 Å². The maximum atomic E-state index is 12.9. The SMILES string of the molecule is Cc1nc([C@H]2CCCN2C(=O)c2oc(C(C)C)nc2C)cs1.